The first-order chi connectivity index (χ1) is 13.0. The Morgan fingerprint density at radius 1 is 0.926 bits per heavy atom. The fourth-order valence-corrected chi connectivity index (χ4v) is 3.26. The summed E-state index contributed by atoms with van der Waals surface area (Å²) >= 11 is 0. The van der Waals surface area contributed by atoms with E-state index in [2.05, 4.69) is 24.5 Å². The highest BCUT2D eigenvalue weighted by Gasteiger charge is 2.26. The minimum Gasteiger partial charge on any atom is -0.497 e. The second kappa shape index (κ2) is 7.82. The third-order valence-corrected chi connectivity index (χ3v) is 4.89. The number of anilines is 2. The Morgan fingerprint density at radius 3 is 2.11 bits per heavy atom. The molecule has 0 heterocycles. The number of para-hydroxylation sites is 1. The van der Waals surface area contributed by atoms with E-state index in [1.807, 2.05) is 79.6 Å². The lowest BCUT2D eigenvalue weighted by Gasteiger charge is -2.29. The number of nitrogens with zero attached hydrogens (tertiary/aromatic N) is 1. The number of hydrogen-bond acceptors (Lipinski definition) is 4. The van der Waals surface area contributed by atoms with Crippen LogP contribution in [0.5, 0.6) is 5.75 Å². The van der Waals surface area contributed by atoms with Crippen molar-refractivity contribution in [3.8, 4) is 5.75 Å². The van der Waals surface area contributed by atoms with E-state index in [0.29, 0.717) is 0 Å². The molecule has 1 atom stereocenters. The number of hydrazine groups is 1. The van der Waals surface area contributed by atoms with E-state index in [1.165, 1.54) is 0 Å². The lowest BCUT2D eigenvalue weighted by Crippen LogP contribution is -2.31. The molecule has 2 N–H and O–H groups in total. The predicted octanol–water partition coefficient (Wildman–Crippen LogP) is 4.53. The van der Waals surface area contributed by atoms with Gasteiger partial charge in [0.25, 0.3) is 0 Å². The molecule has 0 aliphatic rings. The van der Waals surface area contributed by atoms with Gasteiger partial charge in [-0.3, -0.25) is 5.01 Å². The summed E-state index contributed by atoms with van der Waals surface area (Å²) in [4.78, 5) is 0. The van der Waals surface area contributed by atoms with Crippen molar-refractivity contribution >= 4 is 11.4 Å². The fraction of sp³-hybridized carbons (Fsp3) is 0.217. The third kappa shape index (κ3) is 3.82. The monoisotopic (exact) mass is 362 g/mol. The Kier molecular flexibility index (Phi) is 5.49. The van der Waals surface area contributed by atoms with Crippen LogP contribution in [0.4, 0.5) is 11.4 Å². The number of methoxy groups -OCH3 is 1. The van der Waals surface area contributed by atoms with Gasteiger partial charge in [0.15, 0.2) is 0 Å². The van der Waals surface area contributed by atoms with Crippen LogP contribution in [0.3, 0.4) is 0 Å². The van der Waals surface area contributed by atoms with Gasteiger partial charge in [0, 0.05) is 7.05 Å². The zero-order valence-electron chi connectivity index (χ0n) is 16.2. The summed E-state index contributed by atoms with van der Waals surface area (Å²) in [5, 5.41) is 13.2. The van der Waals surface area contributed by atoms with E-state index in [-0.39, 0.29) is 0 Å². The number of aryl methyl sites for hydroxylation is 1. The Bertz CT molecular complexity index is 890. The van der Waals surface area contributed by atoms with Gasteiger partial charge < -0.3 is 9.84 Å². The molecule has 3 aromatic rings. The average molecular weight is 362 g/mol. The number of nitrogens with one attached hydrogen (secondary N) is 1. The normalized spacial score (nSPS) is 13.1. The summed E-state index contributed by atoms with van der Waals surface area (Å²) < 4.78 is 5.21. The average Bonchev–Trinajstić information content (AvgIpc) is 2.70. The Hall–Kier alpha value is -2.82. The highest BCUT2D eigenvalue weighted by Crippen LogP contribution is 2.34. The quantitative estimate of drug-likeness (QED) is 0.632. The van der Waals surface area contributed by atoms with E-state index in [1.54, 1.807) is 7.11 Å². The zero-order valence-corrected chi connectivity index (χ0v) is 16.2. The van der Waals surface area contributed by atoms with Gasteiger partial charge in [-0.05, 0) is 60.9 Å². The molecule has 1 unspecified atom stereocenters. The molecule has 0 bridgehead atoms. The topological polar surface area (TPSA) is 44.7 Å². The van der Waals surface area contributed by atoms with Gasteiger partial charge in [0.2, 0.25) is 0 Å². The van der Waals surface area contributed by atoms with Crippen LogP contribution in [-0.4, -0.2) is 19.3 Å². The van der Waals surface area contributed by atoms with Crippen molar-refractivity contribution in [2.24, 2.45) is 0 Å². The molecule has 0 saturated heterocycles. The van der Waals surface area contributed by atoms with Crippen LogP contribution in [0.2, 0.25) is 0 Å². The molecule has 3 rings (SSSR count). The van der Waals surface area contributed by atoms with E-state index in [4.69, 9.17) is 4.74 Å². The molecule has 140 valence electrons. The van der Waals surface area contributed by atoms with Crippen LogP contribution in [0.1, 0.15) is 23.6 Å². The largest absolute Gasteiger partial charge is 0.497 e. The van der Waals surface area contributed by atoms with Gasteiger partial charge in [0.05, 0.1) is 18.5 Å². The number of rotatable bonds is 6. The van der Waals surface area contributed by atoms with Crippen molar-refractivity contribution in [3.63, 3.8) is 0 Å². The first-order valence-corrected chi connectivity index (χ1v) is 8.98. The van der Waals surface area contributed by atoms with Gasteiger partial charge in [0.1, 0.15) is 11.4 Å². The van der Waals surface area contributed by atoms with Crippen LogP contribution < -0.4 is 15.2 Å². The molecule has 0 aromatic heterocycles. The molecular weight excluding hydrogens is 336 g/mol. The van der Waals surface area contributed by atoms with Crippen molar-refractivity contribution in [2.45, 2.75) is 19.4 Å². The van der Waals surface area contributed by atoms with Crippen molar-refractivity contribution < 1.29 is 9.84 Å². The molecule has 3 aromatic carbocycles. The van der Waals surface area contributed by atoms with E-state index < -0.39 is 5.60 Å². The Morgan fingerprint density at radius 2 is 1.56 bits per heavy atom. The third-order valence-electron chi connectivity index (χ3n) is 4.89. The number of aliphatic hydroxyl groups is 1. The van der Waals surface area contributed by atoms with E-state index >= 15 is 0 Å². The van der Waals surface area contributed by atoms with Crippen LogP contribution in [0, 0.1) is 6.92 Å². The molecule has 0 aliphatic heterocycles. The molecule has 0 amide bonds. The first kappa shape index (κ1) is 19.0. The Balaban J connectivity index is 1.95. The Labute approximate surface area is 161 Å². The minimum absolute atomic E-state index is 0.772. The van der Waals surface area contributed by atoms with Gasteiger partial charge >= 0.3 is 0 Å². The van der Waals surface area contributed by atoms with Crippen LogP contribution in [0.15, 0.2) is 72.8 Å². The van der Waals surface area contributed by atoms with Gasteiger partial charge in [-0.25, -0.2) is 5.43 Å². The van der Waals surface area contributed by atoms with E-state index in [0.717, 1.165) is 33.8 Å². The van der Waals surface area contributed by atoms with E-state index in [9.17, 15) is 5.11 Å². The lowest BCUT2D eigenvalue weighted by molar-refractivity contribution is 0.102. The standard InChI is InChI=1S/C23H26N2O2/c1-17-16-19(23(2,26)18-10-13-21(27-4)14-11-18)12-15-22(17)25(24-3)20-8-6-5-7-9-20/h5-16,24,26H,1-4H3. The molecule has 27 heavy (non-hydrogen) atoms. The maximum absolute atomic E-state index is 11.2. The van der Waals surface area contributed by atoms with Gasteiger partial charge in [-0.15, -0.1) is 0 Å². The summed E-state index contributed by atoms with van der Waals surface area (Å²) in [5.41, 5.74) is 6.98. The molecular formula is C23H26N2O2. The molecule has 4 nitrogen and oxygen atoms in total. The minimum atomic E-state index is -1.09. The summed E-state index contributed by atoms with van der Waals surface area (Å²) in [6.07, 6.45) is 0. The summed E-state index contributed by atoms with van der Waals surface area (Å²) in [6, 6.07) is 23.7. The van der Waals surface area contributed by atoms with Crippen LogP contribution >= 0.6 is 0 Å². The van der Waals surface area contributed by atoms with Crippen molar-refractivity contribution in [1.82, 2.24) is 5.43 Å². The van der Waals surface area contributed by atoms with Crippen molar-refractivity contribution in [1.29, 1.82) is 0 Å². The molecule has 0 aliphatic carbocycles. The van der Waals surface area contributed by atoms with Crippen LogP contribution in [-0.2, 0) is 5.60 Å². The SMILES string of the molecule is CNN(c1ccccc1)c1ccc(C(C)(O)c2ccc(OC)cc2)cc1C. The van der Waals surface area contributed by atoms with Crippen molar-refractivity contribution in [2.75, 3.05) is 19.2 Å². The van der Waals surface area contributed by atoms with Gasteiger partial charge in [-0.1, -0.05) is 42.5 Å². The maximum atomic E-state index is 11.2. The summed E-state index contributed by atoms with van der Waals surface area (Å²) in [5.74, 6) is 0.772. The molecule has 0 spiro atoms. The smallest absolute Gasteiger partial charge is 0.118 e. The predicted molar refractivity (Wildman–Crippen MR) is 110 cm³/mol. The first-order valence-electron chi connectivity index (χ1n) is 8.98. The maximum Gasteiger partial charge on any atom is 0.118 e. The van der Waals surface area contributed by atoms with Crippen LogP contribution in [0.25, 0.3) is 0 Å². The highest BCUT2D eigenvalue weighted by molar-refractivity contribution is 5.66. The number of hydrogen-bond donors (Lipinski definition) is 2. The summed E-state index contributed by atoms with van der Waals surface area (Å²) in [6.45, 7) is 3.87. The number of ether oxygens (including phenoxy) is 1. The fourth-order valence-electron chi connectivity index (χ4n) is 3.26. The second-order valence-corrected chi connectivity index (χ2v) is 6.70. The zero-order chi connectivity index (χ0) is 19.4. The molecule has 4 heteroatoms. The summed E-state index contributed by atoms with van der Waals surface area (Å²) in [7, 11) is 3.53. The molecule has 0 radical (unpaired) electrons. The van der Waals surface area contributed by atoms with Crippen molar-refractivity contribution in [3.05, 3.63) is 89.5 Å². The molecule has 0 fully saturated rings. The molecule has 0 saturated carbocycles. The lowest BCUT2D eigenvalue weighted by atomic mass is 9.87. The highest BCUT2D eigenvalue weighted by atomic mass is 16.5. The second-order valence-electron chi connectivity index (χ2n) is 6.70. The number of benzene rings is 3. The van der Waals surface area contributed by atoms with Gasteiger partial charge in [-0.2, -0.15) is 0 Å².